The van der Waals surface area contributed by atoms with Gasteiger partial charge in [0, 0.05) is 18.2 Å². The van der Waals surface area contributed by atoms with Crippen LogP contribution in [0.15, 0.2) is 46.9 Å². The molecular formula is C19H16N4O4. The Morgan fingerprint density at radius 2 is 2.07 bits per heavy atom. The normalized spacial score (nSPS) is 13.9. The summed E-state index contributed by atoms with van der Waals surface area (Å²) in [6, 6.07) is 11.6. The maximum atomic E-state index is 12.8. The lowest BCUT2D eigenvalue weighted by Crippen LogP contribution is -2.31. The molecule has 8 heteroatoms. The molecule has 136 valence electrons. The summed E-state index contributed by atoms with van der Waals surface area (Å²) >= 11 is 0. The number of hydrogen-bond donors (Lipinski definition) is 2. The maximum absolute atomic E-state index is 12.8. The van der Waals surface area contributed by atoms with Crippen molar-refractivity contribution in [3.05, 3.63) is 59.5 Å². The van der Waals surface area contributed by atoms with Gasteiger partial charge in [-0.15, -0.1) is 0 Å². The molecular weight excluding hydrogens is 348 g/mol. The Labute approximate surface area is 154 Å². The molecule has 1 fully saturated rings. The summed E-state index contributed by atoms with van der Waals surface area (Å²) < 4.78 is 5.43. The molecule has 0 unspecified atom stereocenters. The molecule has 1 aromatic heterocycles. The van der Waals surface area contributed by atoms with Gasteiger partial charge in [-0.05, 0) is 29.8 Å². The molecule has 27 heavy (non-hydrogen) atoms. The fourth-order valence-electron chi connectivity index (χ4n) is 2.98. The zero-order chi connectivity index (χ0) is 19.0. The summed E-state index contributed by atoms with van der Waals surface area (Å²) in [7, 11) is 0. The minimum Gasteiger partial charge on any atom is -0.441 e. The van der Waals surface area contributed by atoms with Gasteiger partial charge in [0.25, 0.3) is 5.91 Å². The van der Waals surface area contributed by atoms with Gasteiger partial charge in [-0.1, -0.05) is 18.2 Å². The molecule has 2 heterocycles. The van der Waals surface area contributed by atoms with E-state index < -0.39 is 6.03 Å². The van der Waals surface area contributed by atoms with Gasteiger partial charge in [-0.2, -0.15) is 0 Å². The van der Waals surface area contributed by atoms with E-state index in [0.29, 0.717) is 33.8 Å². The van der Waals surface area contributed by atoms with Gasteiger partial charge in [0.15, 0.2) is 11.5 Å². The molecule has 0 saturated carbocycles. The van der Waals surface area contributed by atoms with Crippen molar-refractivity contribution < 1.29 is 18.8 Å². The Morgan fingerprint density at radius 1 is 1.26 bits per heavy atom. The van der Waals surface area contributed by atoms with Crippen molar-refractivity contribution in [2.24, 2.45) is 0 Å². The first-order valence-electron chi connectivity index (χ1n) is 8.36. The van der Waals surface area contributed by atoms with Crippen LogP contribution in [0.1, 0.15) is 21.8 Å². The summed E-state index contributed by atoms with van der Waals surface area (Å²) in [5, 5.41) is 5.29. The number of hydrogen-bond acceptors (Lipinski definition) is 5. The van der Waals surface area contributed by atoms with E-state index in [9.17, 15) is 14.4 Å². The van der Waals surface area contributed by atoms with Crippen LogP contribution in [0.3, 0.4) is 0 Å². The Bertz CT molecular complexity index is 1060. The van der Waals surface area contributed by atoms with Gasteiger partial charge in [0.2, 0.25) is 5.91 Å². The Balaban J connectivity index is 1.57. The van der Waals surface area contributed by atoms with Gasteiger partial charge in [-0.3, -0.25) is 14.5 Å². The van der Waals surface area contributed by atoms with Crippen molar-refractivity contribution in [2.75, 3.05) is 11.9 Å². The zero-order valence-electron chi connectivity index (χ0n) is 14.5. The molecule has 3 aromatic rings. The molecule has 0 radical (unpaired) electrons. The van der Waals surface area contributed by atoms with Crippen LogP contribution in [0, 0.1) is 6.92 Å². The average molecular weight is 364 g/mol. The van der Waals surface area contributed by atoms with Crippen molar-refractivity contribution in [2.45, 2.75) is 13.5 Å². The minimum atomic E-state index is -0.456. The van der Waals surface area contributed by atoms with E-state index in [-0.39, 0.29) is 24.9 Å². The standard InChI is InChI=1S/C19H16N4O4/c1-11-21-15-8-13(6-7-16(15)27-11)22-18(25)14-5-3-2-4-12(14)10-23-17(24)9-20-19(23)26/h2-8H,9-10H2,1H3,(H,20,26)(H,22,25). The van der Waals surface area contributed by atoms with Crippen LogP contribution in [0.25, 0.3) is 11.1 Å². The number of amides is 4. The van der Waals surface area contributed by atoms with Crippen LogP contribution < -0.4 is 10.6 Å². The van der Waals surface area contributed by atoms with Crippen LogP contribution in [-0.4, -0.2) is 34.3 Å². The third-order valence-electron chi connectivity index (χ3n) is 4.28. The van der Waals surface area contributed by atoms with Crippen LogP contribution in [-0.2, 0) is 11.3 Å². The first-order valence-corrected chi connectivity index (χ1v) is 8.36. The highest BCUT2D eigenvalue weighted by Crippen LogP contribution is 2.21. The molecule has 1 saturated heterocycles. The lowest BCUT2D eigenvalue weighted by Gasteiger charge is -2.15. The van der Waals surface area contributed by atoms with Gasteiger partial charge in [-0.25, -0.2) is 9.78 Å². The van der Waals surface area contributed by atoms with Crippen molar-refractivity contribution in [3.8, 4) is 0 Å². The van der Waals surface area contributed by atoms with Crippen LogP contribution >= 0.6 is 0 Å². The first-order chi connectivity index (χ1) is 13.0. The summed E-state index contributed by atoms with van der Waals surface area (Å²) in [4.78, 5) is 41.7. The third kappa shape index (κ3) is 3.24. The number of fused-ring (bicyclic) bond motifs is 1. The molecule has 1 aliphatic heterocycles. The maximum Gasteiger partial charge on any atom is 0.324 e. The van der Waals surface area contributed by atoms with E-state index in [1.807, 2.05) is 0 Å². The fourth-order valence-corrected chi connectivity index (χ4v) is 2.98. The molecule has 0 aliphatic carbocycles. The number of aryl methyl sites for hydroxylation is 1. The second kappa shape index (κ2) is 6.56. The number of carbonyl (C=O) groups excluding carboxylic acids is 3. The van der Waals surface area contributed by atoms with E-state index in [1.165, 1.54) is 0 Å². The van der Waals surface area contributed by atoms with E-state index in [1.54, 1.807) is 49.4 Å². The SMILES string of the molecule is Cc1nc2cc(NC(=O)c3ccccc3CN3C(=O)CNC3=O)ccc2o1. The summed E-state index contributed by atoms with van der Waals surface area (Å²) in [5.41, 5.74) is 2.84. The van der Waals surface area contributed by atoms with Crippen LogP contribution in [0.2, 0.25) is 0 Å². The summed E-state index contributed by atoms with van der Waals surface area (Å²) in [6.45, 7) is 1.77. The number of oxazole rings is 1. The van der Waals surface area contributed by atoms with Gasteiger partial charge in [0.05, 0.1) is 13.1 Å². The highest BCUT2D eigenvalue weighted by molar-refractivity contribution is 6.06. The van der Waals surface area contributed by atoms with E-state index >= 15 is 0 Å². The summed E-state index contributed by atoms with van der Waals surface area (Å²) in [5.74, 6) is -0.105. The molecule has 4 amide bonds. The second-order valence-electron chi connectivity index (χ2n) is 6.17. The third-order valence-corrected chi connectivity index (χ3v) is 4.28. The largest absolute Gasteiger partial charge is 0.441 e. The Morgan fingerprint density at radius 3 is 2.85 bits per heavy atom. The summed E-state index contributed by atoms with van der Waals surface area (Å²) in [6.07, 6.45) is 0. The van der Waals surface area contributed by atoms with Crippen LogP contribution in [0.4, 0.5) is 10.5 Å². The predicted molar refractivity (Wildman–Crippen MR) is 97.1 cm³/mol. The molecule has 2 aromatic carbocycles. The number of urea groups is 1. The Hall–Kier alpha value is -3.68. The van der Waals surface area contributed by atoms with Crippen molar-refractivity contribution in [3.63, 3.8) is 0 Å². The smallest absolute Gasteiger partial charge is 0.324 e. The monoisotopic (exact) mass is 364 g/mol. The quantitative estimate of drug-likeness (QED) is 0.692. The number of carbonyl (C=O) groups is 3. The van der Waals surface area contributed by atoms with Gasteiger partial charge < -0.3 is 15.1 Å². The molecule has 1 aliphatic rings. The topological polar surface area (TPSA) is 105 Å². The molecule has 0 atom stereocenters. The minimum absolute atomic E-state index is 0.0235. The van der Waals surface area contributed by atoms with Crippen molar-refractivity contribution in [1.82, 2.24) is 15.2 Å². The molecule has 4 rings (SSSR count). The number of imide groups is 1. The zero-order valence-corrected chi connectivity index (χ0v) is 14.5. The van der Waals surface area contributed by atoms with Crippen LogP contribution in [0.5, 0.6) is 0 Å². The Kier molecular flexibility index (Phi) is 4.08. The van der Waals surface area contributed by atoms with E-state index in [4.69, 9.17) is 4.42 Å². The lowest BCUT2D eigenvalue weighted by atomic mass is 10.1. The number of benzene rings is 2. The highest BCUT2D eigenvalue weighted by Gasteiger charge is 2.29. The van der Waals surface area contributed by atoms with E-state index in [0.717, 1.165) is 4.90 Å². The molecule has 2 N–H and O–H groups in total. The first kappa shape index (κ1) is 16.8. The lowest BCUT2D eigenvalue weighted by molar-refractivity contribution is -0.125. The number of rotatable bonds is 4. The fraction of sp³-hybridized carbons (Fsp3) is 0.158. The van der Waals surface area contributed by atoms with Crippen molar-refractivity contribution in [1.29, 1.82) is 0 Å². The van der Waals surface area contributed by atoms with Gasteiger partial charge >= 0.3 is 6.03 Å². The second-order valence-corrected chi connectivity index (χ2v) is 6.17. The average Bonchev–Trinajstić information content (AvgIpc) is 3.17. The molecule has 0 bridgehead atoms. The highest BCUT2D eigenvalue weighted by atomic mass is 16.3. The molecule has 0 spiro atoms. The molecule has 8 nitrogen and oxygen atoms in total. The number of aromatic nitrogens is 1. The predicted octanol–water partition coefficient (Wildman–Crippen LogP) is 2.44. The number of nitrogens with zero attached hydrogens (tertiary/aromatic N) is 2. The van der Waals surface area contributed by atoms with Gasteiger partial charge in [0.1, 0.15) is 5.52 Å². The van der Waals surface area contributed by atoms with E-state index in [2.05, 4.69) is 15.6 Å². The number of anilines is 1. The number of nitrogens with one attached hydrogen (secondary N) is 2. The van der Waals surface area contributed by atoms with Crippen molar-refractivity contribution >= 4 is 34.6 Å².